The van der Waals surface area contributed by atoms with E-state index in [1.54, 1.807) is 6.07 Å². The van der Waals surface area contributed by atoms with Gasteiger partial charge in [-0.05, 0) is 72.5 Å². The van der Waals surface area contributed by atoms with Crippen molar-refractivity contribution in [3.63, 3.8) is 0 Å². The molecule has 0 saturated carbocycles. The molecule has 0 atom stereocenters. The van der Waals surface area contributed by atoms with E-state index in [2.05, 4.69) is 78.3 Å². The number of aromatic nitrogens is 2. The fraction of sp³-hybridized carbons (Fsp3) is 0.243. The summed E-state index contributed by atoms with van der Waals surface area (Å²) in [5.74, 6) is 1.18. The molecule has 1 N–H and O–H groups in total. The topological polar surface area (TPSA) is 49.2 Å². The second kappa shape index (κ2) is 11.6. The van der Waals surface area contributed by atoms with Crippen LogP contribution in [-0.4, -0.2) is 15.1 Å². The average Bonchev–Trinajstić information content (AvgIpc) is 3.30. The highest BCUT2D eigenvalue weighted by atomic mass is 16.3. The van der Waals surface area contributed by atoms with Crippen LogP contribution in [0.2, 0.25) is 0 Å². The van der Waals surface area contributed by atoms with E-state index in [0.717, 1.165) is 78.2 Å². The van der Waals surface area contributed by atoms with Gasteiger partial charge in [0.15, 0.2) is 0 Å². The lowest BCUT2D eigenvalue weighted by molar-refractivity contribution is 0.412. The summed E-state index contributed by atoms with van der Waals surface area (Å²) in [6.45, 7) is 4.51. The van der Waals surface area contributed by atoms with E-state index in [1.807, 2.05) is 48.7 Å². The van der Waals surface area contributed by atoms with Gasteiger partial charge < -0.3 is 5.11 Å². The third-order valence-corrected chi connectivity index (χ3v) is 8.41. The van der Waals surface area contributed by atoms with Crippen LogP contribution in [0.15, 0.2) is 109 Å². The van der Waals surface area contributed by atoms with Gasteiger partial charge in [-0.3, -0.25) is 4.90 Å². The Hall–Kier alpha value is -4.44. The van der Waals surface area contributed by atoms with E-state index in [1.165, 1.54) is 11.1 Å². The van der Waals surface area contributed by atoms with Crippen LogP contribution >= 0.6 is 0 Å². The molecule has 4 nitrogen and oxygen atoms in total. The molecule has 0 aliphatic heterocycles. The zero-order chi connectivity index (χ0) is 28.2. The molecule has 2 aromatic heterocycles. The van der Waals surface area contributed by atoms with Crippen molar-refractivity contribution in [2.75, 3.05) is 4.90 Å². The predicted octanol–water partition coefficient (Wildman–Crippen LogP) is 9.97. The molecule has 4 heteroatoms. The van der Waals surface area contributed by atoms with Gasteiger partial charge >= 0.3 is 0 Å². The molecule has 0 radical (unpaired) electrons. The zero-order valence-electron chi connectivity index (χ0n) is 23.9. The largest absolute Gasteiger partial charge is 0.507 e. The molecule has 1 aliphatic rings. The van der Waals surface area contributed by atoms with Crippen molar-refractivity contribution in [3.8, 4) is 28.3 Å². The molecule has 0 saturated heterocycles. The Labute approximate surface area is 243 Å². The van der Waals surface area contributed by atoms with Crippen molar-refractivity contribution >= 4 is 17.2 Å². The number of benzene rings is 3. The Morgan fingerprint density at radius 3 is 2.17 bits per heavy atom. The van der Waals surface area contributed by atoms with Crippen LogP contribution in [0.3, 0.4) is 0 Å². The van der Waals surface area contributed by atoms with Crippen LogP contribution in [0.25, 0.3) is 22.5 Å². The minimum Gasteiger partial charge on any atom is -0.507 e. The van der Waals surface area contributed by atoms with E-state index in [9.17, 15) is 5.11 Å². The van der Waals surface area contributed by atoms with Crippen molar-refractivity contribution in [1.29, 1.82) is 0 Å². The fourth-order valence-corrected chi connectivity index (χ4v) is 6.43. The SMILES string of the molecule is CCCCC1(CCCC)c2ccc(-c3cccc(N(c4ccccc4)c4ccccn4)c3)nc2-c2c(O)cccc21. The van der Waals surface area contributed by atoms with Crippen molar-refractivity contribution in [1.82, 2.24) is 9.97 Å². The number of nitrogens with zero attached hydrogens (tertiary/aromatic N) is 3. The minimum atomic E-state index is -0.105. The number of aromatic hydroxyl groups is 1. The Morgan fingerprint density at radius 2 is 1.44 bits per heavy atom. The van der Waals surface area contributed by atoms with Gasteiger partial charge in [-0.1, -0.05) is 94.1 Å². The molecule has 0 amide bonds. The first-order valence-corrected chi connectivity index (χ1v) is 14.9. The first kappa shape index (κ1) is 26.8. The molecule has 0 spiro atoms. The molecule has 2 heterocycles. The number of hydrogen-bond donors (Lipinski definition) is 1. The number of para-hydroxylation sites is 1. The number of hydrogen-bond acceptors (Lipinski definition) is 4. The molecule has 0 unspecified atom stereocenters. The lowest BCUT2D eigenvalue weighted by Gasteiger charge is -2.32. The maximum absolute atomic E-state index is 11.1. The van der Waals surface area contributed by atoms with Crippen LogP contribution in [0.4, 0.5) is 17.2 Å². The zero-order valence-corrected chi connectivity index (χ0v) is 23.9. The Bertz CT molecular complexity index is 1580. The fourth-order valence-electron chi connectivity index (χ4n) is 6.43. The number of phenolic OH excluding ortho intramolecular Hbond substituents is 1. The third kappa shape index (κ3) is 4.88. The predicted molar refractivity (Wildman–Crippen MR) is 169 cm³/mol. The molecule has 41 heavy (non-hydrogen) atoms. The molecule has 6 rings (SSSR count). The summed E-state index contributed by atoms with van der Waals surface area (Å²) in [5, 5.41) is 11.1. The lowest BCUT2D eigenvalue weighted by atomic mass is 9.71. The maximum Gasteiger partial charge on any atom is 0.137 e. The third-order valence-electron chi connectivity index (χ3n) is 8.41. The molecule has 3 aromatic carbocycles. The summed E-state index contributed by atoms with van der Waals surface area (Å²) in [6, 6.07) is 35.2. The van der Waals surface area contributed by atoms with Gasteiger partial charge in [0.25, 0.3) is 0 Å². The van der Waals surface area contributed by atoms with Gasteiger partial charge in [0, 0.05) is 34.1 Å². The summed E-state index contributed by atoms with van der Waals surface area (Å²) in [4.78, 5) is 12.1. The van der Waals surface area contributed by atoms with Crippen LogP contribution in [0.1, 0.15) is 63.5 Å². The normalized spacial score (nSPS) is 13.0. The van der Waals surface area contributed by atoms with Crippen molar-refractivity contribution in [3.05, 3.63) is 120 Å². The van der Waals surface area contributed by atoms with Gasteiger partial charge in [-0.2, -0.15) is 0 Å². The number of unbranched alkanes of at least 4 members (excludes halogenated alkanes) is 2. The molecular formula is C37H37N3O. The Kier molecular flexibility index (Phi) is 7.56. The smallest absolute Gasteiger partial charge is 0.137 e. The second-order valence-corrected chi connectivity index (χ2v) is 11.0. The summed E-state index contributed by atoms with van der Waals surface area (Å²) in [6.07, 6.45) is 8.53. The van der Waals surface area contributed by atoms with E-state index in [0.29, 0.717) is 5.75 Å². The highest BCUT2D eigenvalue weighted by Gasteiger charge is 2.44. The molecular weight excluding hydrogens is 502 g/mol. The van der Waals surface area contributed by atoms with Crippen LogP contribution in [0.5, 0.6) is 5.75 Å². The summed E-state index contributed by atoms with van der Waals surface area (Å²) in [7, 11) is 0. The van der Waals surface area contributed by atoms with Gasteiger partial charge in [-0.25, -0.2) is 9.97 Å². The number of anilines is 3. The molecule has 0 bridgehead atoms. The van der Waals surface area contributed by atoms with Crippen LogP contribution < -0.4 is 4.90 Å². The van der Waals surface area contributed by atoms with Gasteiger partial charge in [-0.15, -0.1) is 0 Å². The van der Waals surface area contributed by atoms with Crippen molar-refractivity contribution in [2.24, 2.45) is 0 Å². The van der Waals surface area contributed by atoms with Crippen LogP contribution in [0, 0.1) is 0 Å². The number of pyridine rings is 2. The van der Waals surface area contributed by atoms with E-state index in [-0.39, 0.29) is 5.41 Å². The highest BCUT2D eigenvalue weighted by molar-refractivity contribution is 5.85. The maximum atomic E-state index is 11.1. The molecule has 1 aliphatic carbocycles. The Morgan fingerprint density at radius 1 is 0.707 bits per heavy atom. The van der Waals surface area contributed by atoms with Crippen LogP contribution in [-0.2, 0) is 5.41 Å². The van der Waals surface area contributed by atoms with Crippen molar-refractivity contribution < 1.29 is 5.11 Å². The molecule has 5 aromatic rings. The van der Waals surface area contributed by atoms with Crippen molar-refractivity contribution in [2.45, 2.75) is 57.8 Å². The first-order chi connectivity index (χ1) is 20.2. The highest BCUT2D eigenvalue weighted by Crippen LogP contribution is 2.56. The summed E-state index contributed by atoms with van der Waals surface area (Å²) in [5.41, 5.74) is 8.21. The number of fused-ring (bicyclic) bond motifs is 3. The number of rotatable bonds is 10. The van der Waals surface area contributed by atoms with E-state index < -0.39 is 0 Å². The summed E-state index contributed by atoms with van der Waals surface area (Å²) >= 11 is 0. The van der Waals surface area contributed by atoms with E-state index in [4.69, 9.17) is 4.98 Å². The van der Waals surface area contributed by atoms with Gasteiger partial charge in [0.1, 0.15) is 11.6 Å². The quantitative estimate of drug-likeness (QED) is 0.192. The Balaban J connectivity index is 1.47. The minimum absolute atomic E-state index is 0.105. The molecule has 206 valence electrons. The monoisotopic (exact) mass is 539 g/mol. The average molecular weight is 540 g/mol. The first-order valence-electron chi connectivity index (χ1n) is 14.9. The van der Waals surface area contributed by atoms with Gasteiger partial charge in [0.2, 0.25) is 0 Å². The molecule has 0 fully saturated rings. The second-order valence-electron chi connectivity index (χ2n) is 11.0. The van der Waals surface area contributed by atoms with E-state index >= 15 is 0 Å². The summed E-state index contributed by atoms with van der Waals surface area (Å²) < 4.78 is 0. The van der Waals surface area contributed by atoms with Gasteiger partial charge in [0.05, 0.1) is 11.4 Å². The lowest BCUT2D eigenvalue weighted by Crippen LogP contribution is -2.25. The number of phenols is 1. The standard InChI is InChI=1S/C37H37N3O/c1-3-5-23-37(24-6-4-2)30-18-13-19-33(41)35(30)36-31(37)21-22-32(39-36)27-14-12-17-29(26-27)40(28-15-8-7-9-16-28)34-20-10-11-25-38-34/h7-22,25-26,41H,3-6,23-24H2,1-2H3.